The average molecular weight is 318 g/mol. The predicted octanol–water partition coefficient (Wildman–Crippen LogP) is 2.43. The van der Waals surface area contributed by atoms with Gasteiger partial charge in [0, 0.05) is 25.2 Å². The molecule has 1 heterocycles. The molecular formula is C19H30N2O2. The molecule has 0 bridgehead atoms. The van der Waals surface area contributed by atoms with Crippen molar-refractivity contribution in [3.05, 3.63) is 29.3 Å². The zero-order valence-corrected chi connectivity index (χ0v) is 14.4. The first-order chi connectivity index (χ1) is 11.2. The van der Waals surface area contributed by atoms with Gasteiger partial charge in [-0.15, -0.1) is 0 Å². The van der Waals surface area contributed by atoms with Gasteiger partial charge in [0.1, 0.15) is 12.4 Å². The smallest absolute Gasteiger partial charge is 0.119 e. The maximum atomic E-state index is 5.91. The number of hydrogen-bond acceptors (Lipinski definition) is 4. The molecule has 3 unspecified atom stereocenters. The Labute approximate surface area is 139 Å². The fourth-order valence-electron chi connectivity index (χ4n) is 4.01. The van der Waals surface area contributed by atoms with Gasteiger partial charge < -0.3 is 20.1 Å². The number of hydrogen-bond donors (Lipinski definition) is 2. The van der Waals surface area contributed by atoms with E-state index in [0.29, 0.717) is 18.0 Å². The third kappa shape index (κ3) is 4.69. The van der Waals surface area contributed by atoms with Crippen molar-refractivity contribution in [1.82, 2.24) is 10.6 Å². The van der Waals surface area contributed by atoms with Crippen LogP contribution in [0.4, 0.5) is 0 Å². The van der Waals surface area contributed by atoms with E-state index in [-0.39, 0.29) is 0 Å². The number of rotatable bonds is 6. The van der Waals surface area contributed by atoms with Crippen LogP contribution in [0.2, 0.25) is 0 Å². The van der Waals surface area contributed by atoms with Crippen LogP contribution >= 0.6 is 0 Å². The molecule has 1 aliphatic carbocycles. The second kappa shape index (κ2) is 8.13. The van der Waals surface area contributed by atoms with E-state index in [0.717, 1.165) is 38.7 Å². The van der Waals surface area contributed by atoms with Crippen LogP contribution in [0, 0.1) is 19.8 Å². The highest BCUT2D eigenvalue weighted by Gasteiger charge is 2.34. The molecule has 2 N–H and O–H groups in total. The van der Waals surface area contributed by atoms with Crippen molar-refractivity contribution >= 4 is 0 Å². The van der Waals surface area contributed by atoms with Crippen molar-refractivity contribution in [1.29, 1.82) is 0 Å². The molecule has 1 aromatic rings. The Morgan fingerprint density at radius 1 is 1.22 bits per heavy atom. The zero-order valence-electron chi connectivity index (χ0n) is 14.4. The summed E-state index contributed by atoms with van der Waals surface area (Å²) >= 11 is 0. The van der Waals surface area contributed by atoms with Gasteiger partial charge in [0.25, 0.3) is 0 Å². The maximum Gasteiger partial charge on any atom is 0.119 e. The van der Waals surface area contributed by atoms with Crippen molar-refractivity contribution in [3.63, 3.8) is 0 Å². The van der Waals surface area contributed by atoms with E-state index in [1.54, 1.807) is 0 Å². The highest BCUT2D eigenvalue weighted by molar-refractivity contribution is 5.32. The molecule has 0 aromatic heterocycles. The van der Waals surface area contributed by atoms with Crippen LogP contribution in [0.15, 0.2) is 18.2 Å². The van der Waals surface area contributed by atoms with Gasteiger partial charge in [-0.2, -0.15) is 0 Å². The summed E-state index contributed by atoms with van der Waals surface area (Å²) < 4.78 is 11.5. The minimum absolute atomic E-state index is 0.518. The van der Waals surface area contributed by atoms with E-state index in [2.05, 4.69) is 42.7 Å². The molecule has 0 spiro atoms. The Bertz CT molecular complexity index is 480. The van der Waals surface area contributed by atoms with Gasteiger partial charge in [-0.25, -0.2) is 0 Å². The molecule has 1 aromatic carbocycles. The van der Waals surface area contributed by atoms with Crippen LogP contribution in [0.5, 0.6) is 5.75 Å². The van der Waals surface area contributed by atoms with E-state index < -0.39 is 0 Å². The molecule has 2 fully saturated rings. The third-order valence-electron chi connectivity index (χ3n) is 5.01. The Balaban J connectivity index is 1.42. The van der Waals surface area contributed by atoms with Crippen LogP contribution in [0.25, 0.3) is 0 Å². The van der Waals surface area contributed by atoms with Crippen molar-refractivity contribution < 1.29 is 9.47 Å². The SMILES string of the molecule is Cc1cc(C)cc(OCCNC2CCCC2C2COCCN2)c1. The molecular weight excluding hydrogens is 288 g/mol. The Morgan fingerprint density at radius 3 is 2.78 bits per heavy atom. The standard InChI is InChI=1S/C19H30N2O2/c1-14-10-15(2)12-16(11-14)23-9-7-20-18-5-3-4-17(18)19-13-22-8-6-21-19/h10-12,17-21H,3-9,13H2,1-2H3. The van der Waals surface area contributed by atoms with Crippen molar-refractivity contribution in [3.8, 4) is 5.75 Å². The second-order valence-electron chi connectivity index (χ2n) is 6.96. The van der Waals surface area contributed by atoms with Crippen molar-refractivity contribution in [2.75, 3.05) is 32.9 Å². The number of nitrogens with one attached hydrogen (secondary N) is 2. The van der Waals surface area contributed by atoms with Gasteiger partial charge in [-0.05, 0) is 55.9 Å². The molecule has 3 rings (SSSR count). The van der Waals surface area contributed by atoms with Gasteiger partial charge in [0.15, 0.2) is 0 Å². The number of ether oxygens (including phenoxy) is 2. The summed E-state index contributed by atoms with van der Waals surface area (Å²) in [7, 11) is 0. The van der Waals surface area contributed by atoms with E-state index in [4.69, 9.17) is 9.47 Å². The Kier molecular flexibility index (Phi) is 5.92. The van der Waals surface area contributed by atoms with Gasteiger partial charge in [0.2, 0.25) is 0 Å². The quantitative estimate of drug-likeness (QED) is 0.791. The fraction of sp³-hybridized carbons (Fsp3) is 0.684. The summed E-state index contributed by atoms with van der Waals surface area (Å²) in [6.45, 7) is 8.56. The topological polar surface area (TPSA) is 42.5 Å². The molecule has 4 heteroatoms. The minimum Gasteiger partial charge on any atom is -0.492 e. The summed E-state index contributed by atoms with van der Waals surface area (Å²) in [5.74, 6) is 1.67. The molecule has 1 saturated heterocycles. The summed E-state index contributed by atoms with van der Waals surface area (Å²) in [6.07, 6.45) is 3.89. The minimum atomic E-state index is 0.518. The Hall–Kier alpha value is -1.10. The fourth-order valence-corrected chi connectivity index (χ4v) is 4.01. The van der Waals surface area contributed by atoms with Gasteiger partial charge in [-0.3, -0.25) is 0 Å². The van der Waals surface area contributed by atoms with Gasteiger partial charge in [0.05, 0.1) is 13.2 Å². The number of aryl methyl sites for hydroxylation is 2. The maximum absolute atomic E-state index is 5.91. The van der Waals surface area contributed by atoms with Crippen LogP contribution in [0.1, 0.15) is 30.4 Å². The molecule has 2 aliphatic rings. The van der Waals surface area contributed by atoms with Crippen molar-refractivity contribution in [2.45, 2.75) is 45.2 Å². The lowest BCUT2D eigenvalue weighted by Crippen LogP contribution is -2.51. The second-order valence-corrected chi connectivity index (χ2v) is 6.96. The van der Waals surface area contributed by atoms with E-state index in [9.17, 15) is 0 Å². The summed E-state index contributed by atoms with van der Waals surface area (Å²) in [5.41, 5.74) is 2.51. The zero-order chi connectivity index (χ0) is 16.1. The monoisotopic (exact) mass is 318 g/mol. The lowest BCUT2D eigenvalue weighted by molar-refractivity contribution is 0.0523. The molecule has 3 atom stereocenters. The van der Waals surface area contributed by atoms with E-state index in [1.807, 2.05) is 0 Å². The third-order valence-corrected chi connectivity index (χ3v) is 5.01. The first-order valence-electron chi connectivity index (χ1n) is 8.98. The lowest BCUT2D eigenvalue weighted by atomic mass is 9.94. The first kappa shape index (κ1) is 16.7. The molecule has 4 nitrogen and oxygen atoms in total. The van der Waals surface area contributed by atoms with Crippen LogP contribution in [-0.2, 0) is 4.74 Å². The summed E-state index contributed by atoms with van der Waals surface area (Å²) in [6, 6.07) is 7.50. The molecule has 0 amide bonds. The van der Waals surface area contributed by atoms with E-state index >= 15 is 0 Å². The molecule has 1 aliphatic heterocycles. The average Bonchev–Trinajstić information content (AvgIpc) is 3.00. The highest BCUT2D eigenvalue weighted by Crippen LogP contribution is 2.29. The largest absolute Gasteiger partial charge is 0.492 e. The number of benzene rings is 1. The highest BCUT2D eigenvalue weighted by atomic mass is 16.5. The molecule has 1 saturated carbocycles. The summed E-state index contributed by atoms with van der Waals surface area (Å²) in [4.78, 5) is 0. The van der Waals surface area contributed by atoms with Crippen LogP contribution in [0.3, 0.4) is 0 Å². The van der Waals surface area contributed by atoms with Gasteiger partial charge >= 0.3 is 0 Å². The Morgan fingerprint density at radius 2 is 2.04 bits per heavy atom. The molecule has 128 valence electrons. The van der Waals surface area contributed by atoms with Crippen LogP contribution < -0.4 is 15.4 Å². The van der Waals surface area contributed by atoms with Crippen molar-refractivity contribution in [2.24, 2.45) is 5.92 Å². The van der Waals surface area contributed by atoms with Gasteiger partial charge in [-0.1, -0.05) is 12.5 Å². The molecule has 0 radical (unpaired) electrons. The lowest BCUT2D eigenvalue weighted by Gasteiger charge is -2.33. The predicted molar refractivity (Wildman–Crippen MR) is 93.2 cm³/mol. The van der Waals surface area contributed by atoms with E-state index in [1.165, 1.54) is 30.4 Å². The first-order valence-corrected chi connectivity index (χ1v) is 8.98. The number of morpholine rings is 1. The molecule has 23 heavy (non-hydrogen) atoms. The van der Waals surface area contributed by atoms with Crippen LogP contribution in [-0.4, -0.2) is 45.0 Å². The normalized spacial score (nSPS) is 28.0. The summed E-state index contributed by atoms with van der Waals surface area (Å²) in [5, 5.41) is 7.33.